The average Bonchev–Trinajstić information content (AvgIpc) is 2.79. The van der Waals surface area contributed by atoms with Crippen LogP contribution in [0.5, 0.6) is 0 Å². The summed E-state index contributed by atoms with van der Waals surface area (Å²) in [4.78, 5) is 19.8. The van der Waals surface area contributed by atoms with Gasteiger partial charge in [0.05, 0.1) is 21.7 Å². The molecule has 1 aliphatic heterocycles. The molecule has 1 amide bonds. The zero-order valence-corrected chi connectivity index (χ0v) is 18.8. The molecule has 1 fully saturated rings. The molecule has 31 heavy (non-hydrogen) atoms. The molecule has 0 atom stereocenters. The third kappa shape index (κ3) is 4.67. The molecule has 0 unspecified atom stereocenters. The summed E-state index contributed by atoms with van der Waals surface area (Å²) in [5, 5.41) is 4.21. The average molecular weight is 458 g/mol. The van der Waals surface area contributed by atoms with Crippen LogP contribution < -0.4 is 10.2 Å². The van der Waals surface area contributed by atoms with Crippen LogP contribution in [0.25, 0.3) is 10.9 Å². The molecule has 8 heteroatoms. The number of pyridine rings is 1. The van der Waals surface area contributed by atoms with E-state index in [2.05, 4.69) is 15.2 Å². The number of aromatic nitrogens is 1. The van der Waals surface area contributed by atoms with Gasteiger partial charge in [-0.3, -0.25) is 4.79 Å². The summed E-state index contributed by atoms with van der Waals surface area (Å²) >= 11 is 6.11. The molecule has 1 saturated heterocycles. The smallest absolute Gasteiger partial charge is 0.252 e. The molecule has 0 radical (unpaired) electrons. The van der Waals surface area contributed by atoms with Gasteiger partial charge in [-0.1, -0.05) is 36.7 Å². The van der Waals surface area contributed by atoms with Gasteiger partial charge in [0.25, 0.3) is 5.91 Å². The van der Waals surface area contributed by atoms with Crippen LogP contribution in [0.1, 0.15) is 30.1 Å². The minimum absolute atomic E-state index is 0.0641. The lowest BCUT2D eigenvalue weighted by Gasteiger charge is -2.34. The highest BCUT2D eigenvalue weighted by molar-refractivity contribution is 7.91. The number of hydrogen-bond acceptors (Lipinski definition) is 5. The summed E-state index contributed by atoms with van der Waals surface area (Å²) in [5.41, 5.74) is 2.22. The minimum atomic E-state index is -3.19. The number of benzene rings is 2. The monoisotopic (exact) mass is 457 g/mol. The van der Waals surface area contributed by atoms with Crippen LogP contribution in [0.15, 0.2) is 59.5 Å². The second kappa shape index (κ2) is 8.85. The Morgan fingerprint density at radius 1 is 1.13 bits per heavy atom. The van der Waals surface area contributed by atoms with Gasteiger partial charge in [-0.15, -0.1) is 0 Å². The van der Waals surface area contributed by atoms with E-state index in [0.29, 0.717) is 21.1 Å². The van der Waals surface area contributed by atoms with E-state index in [1.54, 1.807) is 25.1 Å². The number of fused-ring (bicyclic) bond motifs is 1. The Morgan fingerprint density at radius 2 is 1.81 bits per heavy atom. The Morgan fingerprint density at radius 3 is 2.48 bits per heavy atom. The van der Waals surface area contributed by atoms with Crippen LogP contribution in [-0.2, 0) is 9.84 Å². The molecular weight excluding hydrogens is 434 g/mol. The molecule has 1 aliphatic rings. The highest BCUT2D eigenvalue weighted by atomic mass is 35.5. The molecule has 1 aromatic heterocycles. The number of carbonyl (C=O) groups is 1. The van der Waals surface area contributed by atoms with Crippen molar-refractivity contribution in [3.63, 3.8) is 0 Å². The van der Waals surface area contributed by atoms with Crippen LogP contribution in [0, 0.1) is 0 Å². The fourth-order valence-electron chi connectivity index (χ4n) is 3.91. The van der Waals surface area contributed by atoms with Gasteiger partial charge in [0, 0.05) is 30.2 Å². The predicted octanol–water partition coefficient (Wildman–Crippen LogP) is 4.08. The highest BCUT2D eigenvalue weighted by Crippen LogP contribution is 2.24. The maximum Gasteiger partial charge on any atom is 0.252 e. The molecule has 162 valence electrons. The lowest BCUT2D eigenvalue weighted by atomic mass is 10.0. The second-order valence-electron chi connectivity index (χ2n) is 7.64. The number of hydrogen-bond donors (Lipinski definition) is 1. The fraction of sp³-hybridized carbons (Fsp3) is 0.304. The summed E-state index contributed by atoms with van der Waals surface area (Å²) < 4.78 is 24.0. The van der Waals surface area contributed by atoms with Crippen molar-refractivity contribution in [1.82, 2.24) is 10.3 Å². The third-order valence-corrected chi connectivity index (χ3v) is 7.64. The van der Waals surface area contributed by atoms with Crippen LogP contribution in [0.3, 0.4) is 0 Å². The summed E-state index contributed by atoms with van der Waals surface area (Å²) in [5.74, 6) is -0.0526. The number of rotatable bonds is 5. The van der Waals surface area contributed by atoms with Crippen LogP contribution >= 0.6 is 11.6 Å². The molecule has 2 heterocycles. The SMILES string of the molecule is CCS(=O)(=O)c1ccc(N2CCC(NC(=O)c3cc(Cl)nc4ccccc34)CC2)cc1. The number of carbonyl (C=O) groups excluding carboxylic acids is 1. The quantitative estimate of drug-likeness (QED) is 0.584. The van der Waals surface area contributed by atoms with E-state index in [9.17, 15) is 13.2 Å². The first-order valence-electron chi connectivity index (χ1n) is 10.3. The number of nitrogens with one attached hydrogen (secondary N) is 1. The van der Waals surface area contributed by atoms with E-state index >= 15 is 0 Å². The van der Waals surface area contributed by atoms with Gasteiger partial charge in [-0.2, -0.15) is 0 Å². The van der Waals surface area contributed by atoms with Crippen molar-refractivity contribution in [3.05, 3.63) is 65.3 Å². The van der Waals surface area contributed by atoms with Crippen molar-refractivity contribution in [1.29, 1.82) is 0 Å². The standard InChI is InChI=1S/C23H24ClN3O3S/c1-2-31(29,30)18-9-7-17(8-10-18)27-13-11-16(12-14-27)25-23(28)20-15-22(24)26-21-6-4-3-5-19(20)21/h3-10,15-16H,2,11-14H2,1H3,(H,25,28). The van der Waals surface area contributed by atoms with Gasteiger partial charge in [0.2, 0.25) is 0 Å². The first kappa shape index (κ1) is 21.6. The largest absolute Gasteiger partial charge is 0.371 e. The van der Waals surface area contributed by atoms with Crippen LogP contribution in [0.2, 0.25) is 5.15 Å². The lowest BCUT2D eigenvalue weighted by Crippen LogP contribution is -2.44. The molecule has 0 saturated carbocycles. The van der Waals surface area contributed by atoms with E-state index in [1.807, 2.05) is 36.4 Å². The predicted molar refractivity (Wildman–Crippen MR) is 124 cm³/mol. The first-order valence-corrected chi connectivity index (χ1v) is 12.3. The Labute approximate surface area is 187 Å². The second-order valence-corrected chi connectivity index (χ2v) is 10.3. The Kier molecular flexibility index (Phi) is 6.16. The zero-order valence-electron chi connectivity index (χ0n) is 17.2. The van der Waals surface area contributed by atoms with Gasteiger partial charge in [-0.25, -0.2) is 13.4 Å². The fourth-order valence-corrected chi connectivity index (χ4v) is 4.99. The van der Waals surface area contributed by atoms with Gasteiger partial charge < -0.3 is 10.2 Å². The molecular formula is C23H24ClN3O3S. The van der Waals surface area contributed by atoms with Crippen molar-refractivity contribution < 1.29 is 13.2 Å². The summed E-state index contributed by atoms with van der Waals surface area (Å²) in [6, 6.07) is 16.2. The molecule has 0 spiro atoms. The maximum absolute atomic E-state index is 12.9. The van der Waals surface area contributed by atoms with Crippen molar-refractivity contribution in [2.75, 3.05) is 23.7 Å². The van der Waals surface area contributed by atoms with E-state index in [-0.39, 0.29) is 17.7 Å². The summed E-state index contributed by atoms with van der Waals surface area (Å²) in [7, 11) is -3.19. The van der Waals surface area contributed by atoms with Crippen molar-refractivity contribution in [2.45, 2.75) is 30.7 Å². The molecule has 4 rings (SSSR count). The molecule has 0 bridgehead atoms. The van der Waals surface area contributed by atoms with Gasteiger partial charge in [0.1, 0.15) is 5.15 Å². The highest BCUT2D eigenvalue weighted by Gasteiger charge is 2.23. The summed E-state index contributed by atoms with van der Waals surface area (Å²) in [6.45, 7) is 3.20. The topological polar surface area (TPSA) is 79.4 Å². The number of nitrogens with zero attached hydrogens (tertiary/aromatic N) is 2. The molecule has 1 N–H and O–H groups in total. The maximum atomic E-state index is 12.9. The number of para-hydroxylation sites is 1. The van der Waals surface area contributed by atoms with Crippen molar-refractivity contribution in [3.8, 4) is 0 Å². The lowest BCUT2D eigenvalue weighted by molar-refractivity contribution is 0.0932. The Balaban J connectivity index is 1.40. The summed E-state index contributed by atoms with van der Waals surface area (Å²) in [6.07, 6.45) is 1.61. The number of amides is 1. The van der Waals surface area contributed by atoms with E-state index in [1.165, 1.54) is 0 Å². The Hall–Kier alpha value is -2.64. The number of halogens is 1. The molecule has 0 aliphatic carbocycles. The third-order valence-electron chi connectivity index (χ3n) is 5.70. The van der Waals surface area contributed by atoms with Crippen LogP contribution in [-0.4, -0.2) is 44.2 Å². The molecule has 2 aromatic carbocycles. The zero-order chi connectivity index (χ0) is 22.0. The van der Waals surface area contributed by atoms with Crippen LogP contribution in [0.4, 0.5) is 5.69 Å². The molecule has 6 nitrogen and oxygen atoms in total. The van der Waals surface area contributed by atoms with Crippen molar-refractivity contribution in [2.24, 2.45) is 0 Å². The minimum Gasteiger partial charge on any atom is -0.371 e. The normalized spacial score (nSPS) is 15.2. The van der Waals surface area contributed by atoms with Gasteiger partial charge in [0.15, 0.2) is 9.84 Å². The van der Waals surface area contributed by atoms with E-state index in [4.69, 9.17) is 11.6 Å². The van der Waals surface area contributed by atoms with E-state index in [0.717, 1.165) is 37.0 Å². The number of piperidine rings is 1. The van der Waals surface area contributed by atoms with Crippen molar-refractivity contribution >= 4 is 43.9 Å². The van der Waals surface area contributed by atoms with Gasteiger partial charge in [-0.05, 0) is 49.2 Å². The number of sulfone groups is 1. The molecule has 3 aromatic rings. The first-order chi connectivity index (χ1) is 14.9. The number of anilines is 1. The van der Waals surface area contributed by atoms with E-state index < -0.39 is 9.84 Å². The van der Waals surface area contributed by atoms with Gasteiger partial charge >= 0.3 is 0 Å². The Bertz CT molecular complexity index is 1200.